The van der Waals surface area contributed by atoms with Crippen LogP contribution in [0.4, 0.5) is 19.0 Å². The fourth-order valence-electron chi connectivity index (χ4n) is 1.49. The Labute approximate surface area is 113 Å². The zero-order valence-corrected chi connectivity index (χ0v) is 10.5. The van der Waals surface area contributed by atoms with Crippen LogP contribution in [-0.2, 0) is 12.7 Å². The van der Waals surface area contributed by atoms with Gasteiger partial charge in [-0.2, -0.15) is 13.2 Å². The van der Waals surface area contributed by atoms with Gasteiger partial charge < -0.3 is 5.32 Å². The molecule has 0 aliphatic carbocycles. The van der Waals surface area contributed by atoms with Gasteiger partial charge in [0.1, 0.15) is 11.5 Å². The van der Waals surface area contributed by atoms with Crippen molar-refractivity contribution in [1.29, 1.82) is 0 Å². The SMILES string of the molecule is FC(F)(F)c1cccc(NCc2ccc(Cl)cc2)n1. The maximum Gasteiger partial charge on any atom is 0.433 e. The summed E-state index contributed by atoms with van der Waals surface area (Å²) in [6.07, 6.45) is -4.43. The van der Waals surface area contributed by atoms with E-state index in [0.717, 1.165) is 11.6 Å². The third kappa shape index (κ3) is 3.86. The summed E-state index contributed by atoms with van der Waals surface area (Å²) in [7, 11) is 0. The highest BCUT2D eigenvalue weighted by molar-refractivity contribution is 6.30. The summed E-state index contributed by atoms with van der Waals surface area (Å²) in [6, 6.07) is 10.8. The molecule has 0 saturated heterocycles. The summed E-state index contributed by atoms with van der Waals surface area (Å²) in [6.45, 7) is 0.380. The van der Waals surface area contributed by atoms with Crippen LogP contribution in [0.2, 0.25) is 5.02 Å². The van der Waals surface area contributed by atoms with Crippen molar-refractivity contribution >= 4 is 17.4 Å². The Balaban J connectivity index is 2.05. The third-order valence-corrected chi connectivity index (χ3v) is 2.68. The van der Waals surface area contributed by atoms with E-state index in [9.17, 15) is 13.2 Å². The molecule has 2 nitrogen and oxygen atoms in total. The van der Waals surface area contributed by atoms with E-state index in [-0.39, 0.29) is 5.82 Å². The van der Waals surface area contributed by atoms with Crippen molar-refractivity contribution in [1.82, 2.24) is 4.98 Å². The molecule has 0 aliphatic heterocycles. The predicted octanol–water partition coefficient (Wildman–Crippen LogP) is 4.37. The number of hydrogen-bond donors (Lipinski definition) is 1. The minimum Gasteiger partial charge on any atom is -0.366 e. The van der Waals surface area contributed by atoms with E-state index >= 15 is 0 Å². The van der Waals surface area contributed by atoms with E-state index < -0.39 is 11.9 Å². The monoisotopic (exact) mass is 286 g/mol. The van der Waals surface area contributed by atoms with Crippen molar-refractivity contribution < 1.29 is 13.2 Å². The van der Waals surface area contributed by atoms with E-state index in [1.165, 1.54) is 12.1 Å². The molecular weight excluding hydrogens is 277 g/mol. The van der Waals surface area contributed by atoms with Gasteiger partial charge in [-0.05, 0) is 29.8 Å². The molecule has 1 aromatic heterocycles. The molecule has 0 spiro atoms. The summed E-state index contributed by atoms with van der Waals surface area (Å²) in [4.78, 5) is 3.51. The second kappa shape index (κ2) is 5.48. The molecule has 2 rings (SSSR count). The van der Waals surface area contributed by atoms with Gasteiger partial charge in [0.25, 0.3) is 0 Å². The summed E-state index contributed by atoms with van der Waals surface area (Å²) in [5.41, 5.74) is -0.00258. The van der Waals surface area contributed by atoms with E-state index in [1.54, 1.807) is 24.3 Å². The van der Waals surface area contributed by atoms with Crippen LogP contribution >= 0.6 is 11.6 Å². The minimum absolute atomic E-state index is 0.185. The first-order chi connectivity index (χ1) is 8.95. The first-order valence-electron chi connectivity index (χ1n) is 5.48. The Kier molecular flexibility index (Phi) is 3.95. The molecule has 100 valence electrons. The molecule has 0 saturated carbocycles. The number of hydrogen-bond acceptors (Lipinski definition) is 2. The fourth-order valence-corrected chi connectivity index (χ4v) is 1.61. The molecule has 6 heteroatoms. The van der Waals surface area contributed by atoms with Crippen LogP contribution in [0.5, 0.6) is 0 Å². The number of aromatic nitrogens is 1. The van der Waals surface area contributed by atoms with Crippen LogP contribution in [0.25, 0.3) is 0 Å². The smallest absolute Gasteiger partial charge is 0.366 e. The lowest BCUT2D eigenvalue weighted by atomic mass is 10.2. The minimum atomic E-state index is -4.43. The quantitative estimate of drug-likeness (QED) is 0.906. The van der Waals surface area contributed by atoms with Gasteiger partial charge in [0.05, 0.1) is 0 Å². The molecule has 0 atom stereocenters. The van der Waals surface area contributed by atoms with Crippen LogP contribution in [0.1, 0.15) is 11.3 Å². The van der Waals surface area contributed by atoms with Crippen LogP contribution in [0.3, 0.4) is 0 Å². The van der Waals surface area contributed by atoms with E-state index in [4.69, 9.17) is 11.6 Å². The number of nitrogens with zero attached hydrogens (tertiary/aromatic N) is 1. The molecular formula is C13H10ClF3N2. The molecule has 2 aromatic rings. The third-order valence-electron chi connectivity index (χ3n) is 2.43. The second-order valence-corrected chi connectivity index (χ2v) is 4.32. The van der Waals surface area contributed by atoms with Crippen molar-refractivity contribution in [3.63, 3.8) is 0 Å². The van der Waals surface area contributed by atoms with E-state index in [2.05, 4.69) is 10.3 Å². The van der Waals surface area contributed by atoms with Crippen molar-refractivity contribution in [2.75, 3.05) is 5.32 Å². The molecule has 0 unspecified atom stereocenters. The zero-order valence-electron chi connectivity index (χ0n) is 9.71. The van der Waals surface area contributed by atoms with Crippen molar-refractivity contribution in [3.8, 4) is 0 Å². The maximum absolute atomic E-state index is 12.5. The largest absolute Gasteiger partial charge is 0.433 e. The van der Waals surface area contributed by atoms with Gasteiger partial charge in [-0.25, -0.2) is 4.98 Å². The molecule has 0 bridgehead atoms. The fraction of sp³-hybridized carbons (Fsp3) is 0.154. The summed E-state index contributed by atoms with van der Waals surface area (Å²) in [5, 5.41) is 3.45. The average Bonchev–Trinajstić information content (AvgIpc) is 2.37. The van der Waals surface area contributed by atoms with E-state index in [0.29, 0.717) is 11.6 Å². The van der Waals surface area contributed by atoms with Crippen LogP contribution in [0.15, 0.2) is 42.5 Å². The van der Waals surface area contributed by atoms with Gasteiger partial charge in [-0.3, -0.25) is 0 Å². The lowest BCUT2D eigenvalue weighted by Gasteiger charge is -2.09. The lowest BCUT2D eigenvalue weighted by Crippen LogP contribution is -2.10. The van der Waals surface area contributed by atoms with Crippen LogP contribution in [-0.4, -0.2) is 4.98 Å². The Morgan fingerprint density at radius 3 is 2.37 bits per heavy atom. The highest BCUT2D eigenvalue weighted by Gasteiger charge is 2.32. The summed E-state index contributed by atoms with van der Waals surface area (Å²) < 4.78 is 37.4. The van der Waals surface area contributed by atoms with Gasteiger partial charge in [0.2, 0.25) is 0 Å². The number of pyridine rings is 1. The molecule has 1 heterocycles. The standard InChI is InChI=1S/C13H10ClF3N2/c14-10-6-4-9(5-7-10)8-18-12-3-1-2-11(19-12)13(15,16)17/h1-7H,8H2,(H,18,19). The van der Waals surface area contributed by atoms with Crippen molar-refractivity contribution in [2.45, 2.75) is 12.7 Å². The number of nitrogens with one attached hydrogen (secondary N) is 1. The Morgan fingerprint density at radius 2 is 1.74 bits per heavy atom. The molecule has 0 amide bonds. The normalized spacial score (nSPS) is 11.4. The number of alkyl halides is 3. The average molecular weight is 287 g/mol. The second-order valence-electron chi connectivity index (χ2n) is 3.89. The van der Waals surface area contributed by atoms with Gasteiger partial charge in [-0.15, -0.1) is 0 Å². The number of anilines is 1. The first kappa shape index (κ1) is 13.7. The van der Waals surface area contributed by atoms with Gasteiger partial charge in [0, 0.05) is 11.6 Å². The lowest BCUT2D eigenvalue weighted by molar-refractivity contribution is -0.141. The van der Waals surface area contributed by atoms with Crippen LogP contribution in [0, 0.1) is 0 Å². The number of halogens is 4. The molecule has 0 aliphatic rings. The van der Waals surface area contributed by atoms with Crippen molar-refractivity contribution in [3.05, 3.63) is 58.7 Å². The molecule has 1 N–H and O–H groups in total. The topological polar surface area (TPSA) is 24.9 Å². The highest BCUT2D eigenvalue weighted by Crippen LogP contribution is 2.28. The van der Waals surface area contributed by atoms with Gasteiger partial charge >= 0.3 is 6.18 Å². The van der Waals surface area contributed by atoms with Gasteiger partial charge in [0.15, 0.2) is 0 Å². The van der Waals surface area contributed by atoms with Gasteiger partial charge in [-0.1, -0.05) is 29.8 Å². The maximum atomic E-state index is 12.5. The number of rotatable bonds is 3. The molecule has 19 heavy (non-hydrogen) atoms. The Hall–Kier alpha value is -1.75. The predicted molar refractivity (Wildman–Crippen MR) is 68.0 cm³/mol. The Bertz CT molecular complexity index is 553. The highest BCUT2D eigenvalue weighted by atomic mass is 35.5. The summed E-state index contributed by atoms with van der Waals surface area (Å²) >= 11 is 5.74. The van der Waals surface area contributed by atoms with E-state index in [1.807, 2.05) is 0 Å². The molecule has 0 fully saturated rings. The molecule has 0 radical (unpaired) electrons. The van der Waals surface area contributed by atoms with Crippen molar-refractivity contribution in [2.24, 2.45) is 0 Å². The summed E-state index contributed by atoms with van der Waals surface area (Å²) in [5.74, 6) is 0.185. The van der Waals surface area contributed by atoms with Crippen LogP contribution < -0.4 is 5.32 Å². The first-order valence-corrected chi connectivity index (χ1v) is 5.85. The zero-order chi connectivity index (χ0) is 13.9. The Morgan fingerprint density at radius 1 is 1.05 bits per heavy atom. The number of benzene rings is 1. The molecule has 1 aromatic carbocycles.